The predicted molar refractivity (Wildman–Crippen MR) is 58.1 cm³/mol. The standard InChI is InChI=1S/C9H10N4S/c10-7-1-8(3-11-2-7)13-5-9-4-12-6-14-9/h1-4,6,13H,5,10H2. The van der Waals surface area contributed by atoms with Gasteiger partial charge < -0.3 is 11.1 Å². The number of pyridine rings is 1. The molecular weight excluding hydrogens is 196 g/mol. The first kappa shape index (κ1) is 8.96. The van der Waals surface area contributed by atoms with E-state index in [1.807, 2.05) is 17.8 Å². The summed E-state index contributed by atoms with van der Waals surface area (Å²) in [6.07, 6.45) is 5.21. The molecule has 3 N–H and O–H groups in total. The maximum atomic E-state index is 5.60. The predicted octanol–water partition coefficient (Wildman–Crippen LogP) is 1.73. The Morgan fingerprint density at radius 3 is 2.93 bits per heavy atom. The molecule has 4 nitrogen and oxygen atoms in total. The van der Waals surface area contributed by atoms with E-state index in [9.17, 15) is 0 Å². The van der Waals surface area contributed by atoms with Gasteiger partial charge in [-0.15, -0.1) is 11.3 Å². The number of thiazole rings is 1. The summed E-state index contributed by atoms with van der Waals surface area (Å²) in [7, 11) is 0. The topological polar surface area (TPSA) is 63.8 Å². The summed E-state index contributed by atoms with van der Waals surface area (Å²) in [5.41, 5.74) is 9.00. The lowest BCUT2D eigenvalue weighted by molar-refractivity contribution is 1.16. The zero-order chi connectivity index (χ0) is 9.80. The molecule has 5 heteroatoms. The molecule has 0 atom stereocenters. The number of nitrogen functional groups attached to an aromatic ring is 1. The fourth-order valence-electron chi connectivity index (χ4n) is 1.07. The molecule has 0 aliphatic rings. The molecule has 0 saturated heterocycles. The van der Waals surface area contributed by atoms with Crippen molar-refractivity contribution in [3.63, 3.8) is 0 Å². The first-order valence-corrected chi connectivity index (χ1v) is 5.04. The van der Waals surface area contributed by atoms with Gasteiger partial charge in [-0.2, -0.15) is 0 Å². The molecule has 0 saturated carbocycles. The maximum Gasteiger partial charge on any atom is 0.0794 e. The summed E-state index contributed by atoms with van der Waals surface area (Å²) >= 11 is 1.62. The van der Waals surface area contributed by atoms with E-state index in [4.69, 9.17) is 5.73 Å². The Hall–Kier alpha value is -1.62. The first-order chi connectivity index (χ1) is 6.84. The molecule has 72 valence electrons. The second-order valence-corrected chi connectivity index (χ2v) is 3.80. The fraction of sp³-hybridized carbons (Fsp3) is 0.111. The quantitative estimate of drug-likeness (QED) is 0.802. The van der Waals surface area contributed by atoms with Crippen molar-refractivity contribution in [2.45, 2.75) is 6.54 Å². The van der Waals surface area contributed by atoms with Gasteiger partial charge in [0.1, 0.15) is 0 Å². The number of nitrogens with zero attached hydrogens (tertiary/aromatic N) is 2. The minimum absolute atomic E-state index is 0.666. The summed E-state index contributed by atoms with van der Waals surface area (Å²) in [5.74, 6) is 0. The van der Waals surface area contributed by atoms with E-state index in [0.29, 0.717) is 5.69 Å². The van der Waals surface area contributed by atoms with Crippen molar-refractivity contribution < 1.29 is 0 Å². The lowest BCUT2D eigenvalue weighted by Gasteiger charge is -2.03. The van der Waals surface area contributed by atoms with Crippen molar-refractivity contribution in [2.75, 3.05) is 11.1 Å². The number of anilines is 2. The van der Waals surface area contributed by atoms with E-state index < -0.39 is 0 Å². The molecule has 2 aromatic heterocycles. The van der Waals surface area contributed by atoms with Crippen LogP contribution in [0, 0.1) is 0 Å². The molecule has 2 aromatic rings. The summed E-state index contributed by atoms with van der Waals surface area (Å²) < 4.78 is 0. The van der Waals surface area contributed by atoms with Gasteiger partial charge in [-0.1, -0.05) is 0 Å². The molecule has 0 aliphatic heterocycles. The first-order valence-electron chi connectivity index (χ1n) is 4.16. The normalized spacial score (nSPS) is 10.0. The van der Waals surface area contributed by atoms with E-state index >= 15 is 0 Å². The zero-order valence-electron chi connectivity index (χ0n) is 7.47. The second-order valence-electron chi connectivity index (χ2n) is 2.83. The van der Waals surface area contributed by atoms with Gasteiger partial charge in [-0.25, -0.2) is 0 Å². The van der Waals surface area contributed by atoms with Crippen LogP contribution in [0.25, 0.3) is 0 Å². The number of hydrogen-bond donors (Lipinski definition) is 2. The number of nitrogens with two attached hydrogens (primary N) is 1. The van der Waals surface area contributed by atoms with Crippen LogP contribution in [0.15, 0.2) is 30.2 Å². The molecule has 0 amide bonds. The van der Waals surface area contributed by atoms with Crippen molar-refractivity contribution >= 4 is 22.7 Å². The van der Waals surface area contributed by atoms with Crippen molar-refractivity contribution in [1.82, 2.24) is 9.97 Å². The van der Waals surface area contributed by atoms with Gasteiger partial charge in [-0.05, 0) is 6.07 Å². The van der Waals surface area contributed by atoms with E-state index in [1.165, 1.54) is 4.88 Å². The highest BCUT2D eigenvalue weighted by atomic mass is 32.1. The molecule has 14 heavy (non-hydrogen) atoms. The van der Waals surface area contributed by atoms with Crippen LogP contribution in [0.4, 0.5) is 11.4 Å². The van der Waals surface area contributed by atoms with Gasteiger partial charge in [-0.3, -0.25) is 9.97 Å². The molecule has 2 heterocycles. The average molecular weight is 206 g/mol. The van der Waals surface area contributed by atoms with E-state index in [0.717, 1.165) is 12.2 Å². The summed E-state index contributed by atoms with van der Waals surface area (Å²) in [6.45, 7) is 0.760. The average Bonchev–Trinajstić information content (AvgIpc) is 2.67. The van der Waals surface area contributed by atoms with E-state index in [2.05, 4.69) is 15.3 Å². The Bertz CT molecular complexity index is 399. The molecule has 0 aromatic carbocycles. The maximum absolute atomic E-state index is 5.60. The molecule has 2 rings (SSSR count). The van der Waals surface area contributed by atoms with Crippen LogP contribution in [0.1, 0.15) is 4.88 Å². The Morgan fingerprint density at radius 1 is 1.29 bits per heavy atom. The number of hydrogen-bond acceptors (Lipinski definition) is 5. The largest absolute Gasteiger partial charge is 0.397 e. The summed E-state index contributed by atoms with van der Waals surface area (Å²) in [6, 6.07) is 1.86. The lowest BCUT2D eigenvalue weighted by Crippen LogP contribution is -1.98. The van der Waals surface area contributed by atoms with Gasteiger partial charge in [0, 0.05) is 17.3 Å². The SMILES string of the molecule is Nc1cncc(NCc2cncs2)c1. The molecule has 0 spiro atoms. The zero-order valence-corrected chi connectivity index (χ0v) is 8.29. The molecule has 0 radical (unpaired) electrons. The highest BCUT2D eigenvalue weighted by Gasteiger charge is 1.95. The Balaban J connectivity index is 1.98. The molecular formula is C9H10N4S. The number of aromatic nitrogens is 2. The van der Waals surface area contributed by atoms with Crippen molar-refractivity contribution in [2.24, 2.45) is 0 Å². The van der Waals surface area contributed by atoms with Crippen LogP contribution in [0.5, 0.6) is 0 Å². The smallest absolute Gasteiger partial charge is 0.0794 e. The Morgan fingerprint density at radius 2 is 2.21 bits per heavy atom. The van der Waals surface area contributed by atoms with Gasteiger partial charge >= 0.3 is 0 Å². The van der Waals surface area contributed by atoms with Crippen LogP contribution in [-0.2, 0) is 6.54 Å². The minimum Gasteiger partial charge on any atom is -0.397 e. The molecule has 0 aliphatic carbocycles. The van der Waals surface area contributed by atoms with Crippen molar-refractivity contribution in [1.29, 1.82) is 0 Å². The lowest BCUT2D eigenvalue weighted by atomic mass is 10.3. The van der Waals surface area contributed by atoms with Crippen molar-refractivity contribution in [3.8, 4) is 0 Å². The van der Waals surface area contributed by atoms with Crippen molar-refractivity contribution in [3.05, 3.63) is 35.0 Å². The Kier molecular flexibility index (Phi) is 2.60. The van der Waals surface area contributed by atoms with Gasteiger partial charge in [0.25, 0.3) is 0 Å². The molecule has 0 unspecified atom stereocenters. The number of nitrogens with one attached hydrogen (secondary N) is 1. The monoisotopic (exact) mass is 206 g/mol. The highest BCUT2D eigenvalue weighted by Crippen LogP contribution is 2.12. The summed E-state index contributed by atoms with van der Waals surface area (Å²) in [4.78, 5) is 9.16. The number of rotatable bonds is 3. The van der Waals surface area contributed by atoms with Crippen LogP contribution >= 0.6 is 11.3 Å². The fourth-order valence-corrected chi connectivity index (χ4v) is 1.61. The van der Waals surface area contributed by atoms with Crippen LogP contribution in [-0.4, -0.2) is 9.97 Å². The second kappa shape index (κ2) is 4.06. The molecule has 0 bridgehead atoms. The van der Waals surface area contributed by atoms with E-state index in [1.54, 1.807) is 23.7 Å². The third-order valence-electron chi connectivity index (χ3n) is 1.71. The van der Waals surface area contributed by atoms with E-state index in [-0.39, 0.29) is 0 Å². The van der Waals surface area contributed by atoms with Gasteiger partial charge in [0.2, 0.25) is 0 Å². The van der Waals surface area contributed by atoms with Crippen LogP contribution < -0.4 is 11.1 Å². The molecule has 0 fully saturated rings. The van der Waals surface area contributed by atoms with Gasteiger partial charge in [0.05, 0.1) is 29.6 Å². The highest BCUT2D eigenvalue weighted by molar-refractivity contribution is 7.09. The van der Waals surface area contributed by atoms with Crippen LogP contribution in [0.3, 0.4) is 0 Å². The van der Waals surface area contributed by atoms with Crippen LogP contribution in [0.2, 0.25) is 0 Å². The summed E-state index contributed by atoms with van der Waals surface area (Å²) in [5, 5.41) is 3.22. The Labute approximate surface area is 85.8 Å². The van der Waals surface area contributed by atoms with Gasteiger partial charge in [0.15, 0.2) is 0 Å². The third kappa shape index (κ3) is 2.20. The minimum atomic E-state index is 0.666. The third-order valence-corrected chi connectivity index (χ3v) is 2.49.